The van der Waals surface area contributed by atoms with Gasteiger partial charge in [0.25, 0.3) is 0 Å². The lowest BCUT2D eigenvalue weighted by molar-refractivity contribution is -0.132. The number of nitrogens with two attached hydrogens (primary N) is 1. The Balaban J connectivity index is 1.75. The number of amides is 3. The number of rotatable bonds is 5. The van der Waals surface area contributed by atoms with Gasteiger partial charge in [-0.25, -0.2) is 0 Å². The number of benzene rings is 2. The molecule has 174 valence electrons. The number of carbonyl (C=O) groups is 3. The van der Waals surface area contributed by atoms with E-state index in [1.807, 2.05) is 72.8 Å². The van der Waals surface area contributed by atoms with Crippen molar-refractivity contribution in [2.24, 2.45) is 5.73 Å². The molecule has 0 spiro atoms. The summed E-state index contributed by atoms with van der Waals surface area (Å²) in [5, 5.41) is 8.55. The van der Waals surface area contributed by atoms with Gasteiger partial charge in [-0.2, -0.15) is 0 Å². The van der Waals surface area contributed by atoms with Crippen molar-refractivity contribution in [2.75, 3.05) is 0 Å². The van der Waals surface area contributed by atoms with E-state index < -0.39 is 24.0 Å². The zero-order valence-electron chi connectivity index (χ0n) is 18.7. The van der Waals surface area contributed by atoms with Crippen LogP contribution in [0.3, 0.4) is 0 Å². The second-order valence-corrected chi connectivity index (χ2v) is 8.25. The minimum atomic E-state index is -0.830. The highest BCUT2D eigenvalue weighted by atomic mass is 16.2. The molecule has 7 nitrogen and oxygen atoms in total. The van der Waals surface area contributed by atoms with E-state index in [4.69, 9.17) is 5.73 Å². The maximum atomic E-state index is 13.2. The Morgan fingerprint density at radius 2 is 1.45 bits per heavy atom. The molecule has 0 radical (unpaired) electrons. The Kier molecular flexibility index (Phi) is 9.20. The third-order valence-electron chi connectivity index (χ3n) is 5.63. The van der Waals surface area contributed by atoms with E-state index in [2.05, 4.69) is 16.0 Å². The summed E-state index contributed by atoms with van der Waals surface area (Å²) >= 11 is 0. The van der Waals surface area contributed by atoms with Gasteiger partial charge in [-0.05, 0) is 36.8 Å². The Labute approximate surface area is 194 Å². The number of carbonyl (C=O) groups excluding carboxylic acids is 3. The highest BCUT2D eigenvalue weighted by molar-refractivity contribution is 5.93. The maximum Gasteiger partial charge on any atom is 0.243 e. The van der Waals surface area contributed by atoms with Crippen molar-refractivity contribution in [3.8, 4) is 0 Å². The monoisotopic (exact) mass is 448 g/mol. The molecule has 1 aliphatic heterocycles. The van der Waals surface area contributed by atoms with Crippen LogP contribution in [0, 0.1) is 0 Å². The van der Waals surface area contributed by atoms with E-state index in [0.717, 1.165) is 11.1 Å². The van der Waals surface area contributed by atoms with Crippen LogP contribution in [0.15, 0.2) is 72.8 Å². The van der Waals surface area contributed by atoms with Gasteiger partial charge in [0.05, 0.1) is 6.04 Å². The standard InChI is InChI=1S/C26H32N4O3/c27-21-15-9-1-2-10-16-22(25(32)28-18-20-13-7-4-8-14-20)29-26(33)23(30-24(21)31)17-19-11-5-3-6-12-19/h1-8,11-14,21-23H,9-10,15-18,27H2,(H,28,32)(H,29,33)(H,30,31)/b2-1+/t21-,22-,23-/m0/s1. The minimum Gasteiger partial charge on any atom is -0.350 e. The summed E-state index contributed by atoms with van der Waals surface area (Å²) in [6.45, 7) is 0.376. The minimum absolute atomic E-state index is 0.253. The quantitative estimate of drug-likeness (QED) is 0.524. The van der Waals surface area contributed by atoms with Crippen molar-refractivity contribution < 1.29 is 14.4 Å². The van der Waals surface area contributed by atoms with E-state index in [0.29, 0.717) is 38.6 Å². The first kappa shape index (κ1) is 24.2. The molecular weight excluding hydrogens is 416 g/mol. The third-order valence-corrected chi connectivity index (χ3v) is 5.63. The molecule has 3 rings (SSSR count). The van der Waals surface area contributed by atoms with Crippen molar-refractivity contribution in [3.05, 3.63) is 83.9 Å². The zero-order chi connectivity index (χ0) is 23.5. The number of nitrogens with one attached hydrogen (secondary N) is 3. The molecule has 3 atom stereocenters. The van der Waals surface area contributed by atoms with Crippen LogP contribution in [0.2, 0.25) is 0 Å². The van der Waals surface area contributed by atoms with E-state index in [-0.39, 0.29) is 11.8 Å². The van der Waals surface area contributed by atoms with Crippen LogP contribution >= 0.6 is 0 Å². The van der Waals surface area contributed by atoms with Crippen LogP contribution < -0.4 is 21.7 Å². The molecule has 0 aromatic heterocycles. The van der Waals surface area contributed by atoms with E-state index in [1.54, 1.807) is 0 Å². The number of allylic oxidation sites excluding steroid dienone is 2. The topological polar surface area (TPSA) is 113 Å². The van der Waals surface area contributed by atoms with Gasteiger partial charge in [0, 0.05) is 13.0 Å². The first-order valence-corrected chi connectivity index (χ1v) is 11.4. The van der Waals surface area contributed by atoms with Crippen LogP contribution in [0.25, 0.3) is 0 Å². The first-order chi connectivity index (χ1) is 16.0. The number of hydrogen-bond acceptors (Lipinski definition) is 4. The highest BCUT2D eigenvalue weighted by Crippen LogP contribution is 2.09. The molecule has 1 aliphatic rings. The lowest BCUT2D eigenvalue weighted by Gasteiger charge is -2.24. The summed E-state index contributed by atoms with van der Waals surface area (Å²) in [6, 6.07) is 16.8. The lowest BCUT2D eigenvalue weighted by Crippen LogP contribution is -2.56. The summed E-state index contributed by atoms with van der Waals surface area (Å²) in [7, 11) is 0. The summed E-state index contributed by atoms with van der Waals surface area (Å²) in [5.41, 5.74) is 7.91. The predicted molar refractivity (Wildman–Crippen MR) is 128 cm³/mol. The Bertz CT molecular complexity index is 947. The van der Waals surface area contributed by atoms with E-state index >= 15 is 0 Å². The molecule has 2 aromatic rings. The van der Waals surface area contributed by atoms with E-state index in [1.165, 1.54) is 0 Å². The molecule has 0 saturated heterocycles. The fourth-order valence-corrected chi connectivity index (χ4v) is 3.69. The fraction of sp³-hybridized carbons (Fsp3) is 0.346. The lowest BCUT2D eigenvalue weighted by atomic mass is 10.0. The second-order valence-electron chi connectivity index (χ2n) is 8.25. The van der Waals surface area contributed by atoms with Crippen LogP contribution in [-0.4, -0.2) is 35.8 Å². The Morgan fingerprint density at radius 3 is 2.12 bits per heavy atom. The van der Waals surface area contributed by atoms with Crippen molar-refractivity contribution in [3.63, 3.8) is 0 Å². The molecule has 7 heteroatoms. The molecule has 0 aliphatic carbocycles. The van der Waals surface area contributed by atoms with Gasteiger partial charge >= 0.3 is 0 Å². The SMILES string of the molecule is N[C@H]1CC/C=C/CC[C@@H](C(=O)NCc2ccccc2)NC(=O)[C@H](Cc2ccccc2)NC1=O. The molecule has 1 heterocycles. The van der Waals surface area contributed by atoms with Crippen LogP contribution in [0.5, 0.6) is 0 Å². The molecular formula is C26H32N4O3. The molecule has 33 heavy (non-hydrogen) atoms. The number of hydrogen-bond donors (Lipinski definition) is 4. The molecule has 3 amide bonds. The van der Waals surface area contributed by atoms with Gasteiger partial charge < -0.3 is 21.7 Å². The molecule has 0 unspecified atom stereocenters. The first-order valence-electron chi connectivity index (χ1n) is 11.4. The molecule has 0 fully saturated rings. The fourth-order valence-electron chi connectivity index (χ4n) is 3.69. The van der Waals surface area contributed by atoms with Crippen LogP contribution in [0.1, 0.15) is 36.8 Å². The maximum absolute atomic E-state index is 13.2. The normalized spacial score (nSPS) is 23.1. The summed E-state index contributed by atoms with van der Waals surface area (Å²) < 4.78 is 0. The highest BCUT2D eigenvalue weighted by Gasteiger charge is 2.28. The van der Waals surface area contributed by atoms with Gasteiger partial charge in [-0.15, -0.1) is 0 Å². The average molecular weight is 449 g/mol. The van der Waals surface area contributed by atoms with E-state index in [9.17, 15) is 14.4 Å². The Morgan fingerprint density at radius 1 is 0.848 bits per heavy atom. The van der Waals surface area contributed by atoms with Crippen LogP contribution in [-0.2, 0) is 27.3 Å². The smallest absolute Gasteiger partial charge is 0.243 e. The van der Waals surface area contributed by atoms with Gasteiger partial charge in [0.15, 0.2) is 0 Å². The molecule has 0 saturated carbocycles. The third kappa shape index (κ3) is 7.88. The van der Waals surface area contributed by atoms with Crippen molar-refractivity contribution >= 4 is 17.7 Å². The largest absolute Gasteiger partial charge is 0.350 e. The van der Waals surface area contributed by atoms with Gasteiger partial charge in [0.2, 0.25) is 17.7 Å². The molecule has 5 N–H and O–H groups in total. The van der Waals surface area contributed by atoms with Gasteiger partial charge in [0.1, 0.15) is 12.1 Å². The van der Waals surface area contributed by atoms with Crippen molar-refractivity contribution in [2.45, 2.75) is 56.8 Å². The molecule has 0 bridgehead atoms. The van der Waals surface area contributed by atoms with Crippen molar-refractivity contribution in [1.29, 1.82) is 0 Å². The second kappa shape index (κ2) is 12.6. The summed E-state index contributed by atoms with van der Waals surface area (Å²) in [6.07, 6.45) is 6.47. The zero-order valence-corrected chi connectivity index (χ0v) is 18.7. The average Bonchev–Trinajstić information content (AvgIpc) is 2.84. The van der Waals surface area contributed by atoms with Gasteiger partial charge in [-0.1, -0.05) is 72.8 Å². The Hall–Kier alpha value is -3.45. The van der Waals surface area contributed by atoms with Crippen LogP contribution in [0.4, 0.5) is 0 Å². The van der Waals surface area contributed by atoms with Gasteiger partial charge in [-0.3, -0.25) is 14.4 Å². The predicted octanol–water partition coefficient (Wildman–Crippen LogP) is 1.97. The molecule has 2 aromatic carbocycles. The summed E-state index contributed by atoms with van der Waals surface area (Å²) in [5.74, 6) is -1.02. The summed E-state index contributed by atoms with van der Waals surface area (Å²) in [4.78, 5) is 38.7. The van der Waals surface area contributed by atoms with Crippen molar-refractivity contribution in [1.82, 2.24) is 16.0 Å².